The fourth-order valence-corrected chi connectivity index (χ4v) is 2.47. The van der Waals surface area contributed by atoms with Gasteiger partial charge in [-0.05, 0) is 32.8 Å². The Morgan fingerprint density at radius 1 is 1.26 bits per heavy atom. The zero-order valence-electron chi connectivity index (χ0n) is 13.8. The summed E-state index contributed by atoms with van der Waals surface area (Å²) < 4.78 is 5.49. The normalized spacial score (nSPS) is 13.5. The second-order valence-electron chi connectivity index (χ2n) is 6.34. The molecule has 0 spiro atoms. The van der Waals surface area contributed by atoms with Crippen LogP contribution in [0.15, 0.2) is 43.0 Å². The molecule has 0 aliphatic carbocycles. The Morgan fingerprint density at radius 3 is 2.26 bits per heavy atom. The fourth-order valence-electron chi connectivity index (χ4n) is 2.47. The van der Waals surface area contributed by atoms with Gasteiger partial charge in [0.05, 0.1) is 18.1 Å². The van der Waals surface area contributed by atoms with Crippen molar-refractivity contribution in [3.05, 3.63) is 48.6 Å². The van der Waals surface area contributed by atoms with Gasteiger partial charge in [0.25, 0.3) is 0 Å². The molecule has 0 aliphatic rings. The van der Waals surface area contributed by atoms with Crippen molar-refractivity contribution in [2.75, 3.05) is 0 Å². The third-order valence-electron chi connectivity index (χ3n) is 3.39. The van der Waals surface area contributed by atoms with Gasteiger partial charge in [0.15, 0.2) is 0 Å². The number of carbonyl (C=O) groups is 1. The number of benzene rings is 1. The van der Waals surface area contributed by atoms with Crippen LogP contribution >= 0.6 is 0 Å². The maximum Gasteiger partial charge on any atom is 0.310 e. The molecule has 1 aromatic rings. The Hall–Kier alpha value is -2.59. The first kappa shape index (κ1) is 18.5. The number of ether oxygens (including phenoxy) is 1. The van der Waals surface area contributed by atoms with E-state index >= 15 is 0 Å². The average molecular weight is 310 g/mol. The van der Waals surface area contributed by atoms with E-state index in [1.807, 2.05) is 42.5 Å². The number of esters is 1. The molecule has 0 bridgehead atoms. The molecule has 0 aromatic heterocycles. The maximum atomic E-state index is 12.6. The van der Waals surface area contributed by atoms with Crippen molar-refractivity contribution in [1.29, 1.82) is 10.5 Å². The summed E-state index contributed by atoms with van der Waals surface area (Å²) in [5.74, 6) is -2.53. The van der Waals surface area contributed by atoms with Gasteiger partial charge in [-0.3, -0.25) is 4.79 Å². The number of carbonyl (C=O) groups excluding carboxylic acids is 1. The van der Waals surface area contributed by atoms with Gasteiger partial charge in [0, 0.05) is 5.92 Å². The summed E-state index contributed by atoms with van der Waals surface area (Å²) in [6, 6.07) is 13.2. The number of nitrogens with zero attached hydrogens (tertiary/aromatic N) is 2. The summed E-state index contributed by atoms with van der Waals surface area (Å²) in [6.07, 6.45) is 1.96. The Balaban J connectivity index is 3.29. The summed E-state index contributed by atoms with van der Waals surface area (Å²) in [5.41, 5.74) is 0.144. The number of hydrogen-bond donors (Lipinski definition) is 0. The van der Waals surface area contributed by atoms with Crippen molar-refractivity contribution in [2.45, 2.75) is 38.7 Å². The van der Waals surface area contributed by atoms with Crippen molar-refractivity contribution < 1.29 is 9.53 Å². The monoisotopic (exact) mass is 310 g/mol. The lowest BCUT2D eigenvalue weighted by molar-refractivity contribution is -0.161. The van der Waals surface area contributed by atoms with Crippen molar-refractivity contribution in [3.8, 4) is 12.1 Å². The summed E-state index contributed by atoms with van der Waals surface area (Å²) in [5, 5.41) is 18.7. The molecule has 4 heteroatoms. The van der Waals surface area contributed by atoms with E-state index in [0.717, 1.165) is 5.56 Å². The highest BCUT2D eigenvalue weighted by Gasteiger charge is 2.37. The average Bonchev–Trinajstić information content (AvgIpc) is 2.50. The molecule has 0 radical (unpaired) electrons. The second kappa shape index (κ2) is 8.15. The summed E-state index contributed by atoms with van der Waals surface area (Å²) in [7, 11) is 0. The minimum atomic E-state index is -0.935. The van der Waals surface area contributed by atoms with Gasteiger partial charge in [0.1, 0.15) is 11.5 Å². The van der Waals surface area contributed by atoms with Crippen LogP contribution in [0.3, 0.4) is 0 Å². The third kappa shape index (κ3) is 5.27. The molecule has 0 unspecified atom stereocenters. The van der Waals surface area contributed by atoms with Gasteiger partial charge in [0.2, 0.25) is 0 Å². The first-order valence-corrected chi connectivity index (χ1v) is 7.52. The minimum absolute atomic E-state index is 0.342. The number of rotatable bonds is 6. The molecule has 0 aliphatic heterocycles. The van der Waals surface area contributed by atoms with E-state index in [4.69, 9.17) is 4.74 Å². The minimum Gasteiger partial charge on any atom is -0.460 e. The highest BCUT2D eigenvalue weighted by atomic mass is 16.6. The number of hydrogen-bond acceptors (Lipinski definition) is 4. The summed E-state index contributed by atoms with van der Waals surface area (Å²) in [6.45, 7) is 9.07. The van der Waals surface area contributed by atoms with Crippen LogP contribution < -0.4 is 0 Å². The molecule has 1 rings (SSSR count). The van der Waals surface area contributed by atoms with E-state index in [0.29, 0.717) is 6.42 Å². The molecular formula is C19H22N2O2. The Kier molecular flexibility index (Phi) is 6.54. The first-order valence-electron chi connectivity index (χ1n) is 7.52. The van der Waals surface area contributed by atoms with Gasteiger partial charge < -0.3 is 4.74 Å². The van der Waals surface area contributed by atoms with Crippen molar-refractivity contribution >= 4 is 5.97 Å². The molecule has 0 heterocycles. The lowest BCUT2D eigenvalue weighted by Crippen LogP contribution is -2.33. The fraction of sp³-hybridized carbons (Fsp3) is 0.421. The molecule has 0 saturated heterocycles. The van der Waals surface area contributed by atoms with E-state index in [1.54, 1.807) is 26.8 Å². The zero-order valence-corrected chi connectivity index (χ0v) is 13.8. The smallest absolute Gasteiger partial charge is 0.310 e. The second-order valence-corrected chi connectivity index (χ2v) is 6.34. The Morgan fingerprint density at radius 2 is 1.83 bits per heavy atom. The van der Waals surface area contributed by atoms with Gasteiger partial charge in [-0.1, -0.05) is 36.4 Å². The molecule has 1 aromatic carbocycles. The van der Waals surface area contributed by atoms with E-state index in [-0.39, 0.29) is 0 Å². The zero-order chi connectivity index (χ0) is 17.5. The predicted molar refractivity (Wildman–Crippen MR) is 88.0 cm³/mol. The molecule has 0 fully saturated rings. The van der Waals surface area contributed by atoms with Crippen LogP contribution in [-0.2, 0) is 9.53 Å². The van der Waals surface area contributed by atoms with E-state index in [9.17, 15) is 15.3 Å². The predicted octanol–water partition coefficient (Wildman–Crippen LogP) is 3.97. The quantitative estimate of drug-likeness (QED) is 0.588. The molecular weight excluding hydrogens is 288 g/mol. The number of nitriles is 2. The highest BCUT2D eigenvalue weighted by Crippen LogP contribution is 2.36. The summed E-state index contributed by atoms with van der Waals surface area (Å²) in [4.78, 5) is 12.6. The number of allylic oxidation sites excluding steroid dienone is 1. The van der Waals surface area contributed by atoms with Gasteiger partial charge >= 0.3 is 5.97 Å². The van der Waals surface area contributed by atoms with E-state index in [2.05, 4.69) is 6.58 Å². The Labute approximate surface area is 138 Å². The molecule has 23 heavy (non-hydrogen) atoms. The van der Waals surface area contributed by atoms with Gasteiger partial charge in [-0.25, -0.2) is 0 Å². The standard InChI is InChI=1S/C19H22N2O2/c1-5-9-16(18(22)23-19(2,3)4)17(15(12-20)13-21)14-10-7-6-8-11-14/h5-8,10-11,15-17H,1,9H2,2-4H3/t16-,17-/m0/s1. The van der Waals surface area contributed by atoms with E-state index < -0.39 is 29.3 Å². The Bertz CT molecular complexity index is 604. The van der Waals surface area contributed by atoms with Crippen LogP contribution in [0.1, 0.15) is 38.7 Å². The summed E-state index contributed by atoms with van der Waals surface area (Å²) >= 11 is 0. The van der Waals surface area contributed by atoms with Crippen molar-refractivity contribution in [1.82, 2.24) is 0 Å². The van der Waals surface area contributed by atoms with Crippen LogP contribution in [-0.4, -0.2) is 11.6 Å². The highest BCUT2D eigenvalue weighted by molar-refractivity contribution is 5.74. The van der Waals surface area contributed by atoms with Crippen molar-refractivity contribution in [3.63, 3.8) is 0 Å². The molecule has 0 amide bonds. The van der Waals surface area contributed by atoms with Crippen LogP contribution in [0.4, 0.5) is 0 Å². The van der Waals surface area contributed by atoms with Gasteiger partial charge in [-0.15, -0.1) is 6.58 Å². The van der Waals surface area contributed by atoms with Gasteiger partial charge in [-0.2, -0.15) is 10.5 Å². The third-order valence-corrected chi connectivity index (χ3v) is 3.39. The van der Waals surface area contributed by atoms with E-state index in [1.165, 1.54) is 0 Å². The van der Waals surface area contributed by atoms with Crippen LogP contribution in [0.2, 0.25) is 0 Å². The first-order chi connectivity index (χ1) is 10.8. The van der Waals surface area contributed by atoms with Crippen LogP contribution in [0.5, 0.6) is 0 Å². The maximum absolute atomic E-state index is 12.6. The lowest BCUT2D eigenvalue weighted by atomic mass is 9.76. The largest absolute Gasteiger partial charge is 0.460 e. The topological polar surface area (TPSA) is 73.9 Å². The molecule has 0 N–H and O–H groups in total. The molecule has 120 valence electrons. The lowest BCUT2D eigenvalue weighted by Gasteiger charge is -2.29. The molecule has 2 atom stereocenters. The van der Waals surface area contributed by atoms with Crippen LogP contribution in [0, 0.1) is 34.5 Å². The van der Waals surface area contributed by atoms with Crippen LogP contribution in [0.25, 0.3) is 0 Å². The molecule has 4 nitrogen and oxygen atoms in total. The SMILES string of the molecule is C=CC[C@H](C(=O)OC(C)(C)C)[C@@H](c1ccccc1)C(C#N)C#N. The van der Waals surface area contributed by atoms with Crippen molar-refractivity contribution in [2.24, 2.45) is 11.8 Å². The molecule has 0 saturated carbocycles.